The Morgan fingerprint density at radius 1 is 1.18 bits per heavy atom. The van der Waals surface area contributed by atoms with Crippen LogP contribution in [0, 0.1) is 18.7 Å². The number of amides is 1. The van der Waals surface area contributed by atoms with Gasteiger partial charge in [-0.2, -0.15) is 0 Å². The molecule has 2 fully saturated rings. The lowest BCUT2D eigenvalue weighted by molar-refractivity contribution is 0.0635. The van der Waals surface area contributed by atoms with Gasteiger partial charge in [-0.05, 0) is 62.3 Å². The SMILES string of the molecule is Cc1cc(CC2CCN(C3CCN(C(=O)c4cnccn4)CC3)C2)ccc1F. The zero-order valence-corrected chi connectivity index (χ0v) is 16.4. The molecule has 1 atom stereocenters. The maximum Gasteiger partial charge on any atom is 0.274 e. The van der Waals surface area contributed by atoms with Crippen molar-refractivity contribution in [2.24, 2.45) is 5.92 Å². The molecule has 0 saturated carbocycles. The minimum atomic E-state index is -0.125. The third-order valence-electron chi connectivity index (χ3n) is 6.11. The second-order valence-corrected chi connectivity index (χ2v) is 8.05. The zero-order chi connectivity index (χ0) is 19.5. The Morgan fingerprint density at radius 3 is 2.71 bits per heavy atom. The first kappa shape index (κ1) is 19.0. The topological polar surface area (TPSA) is 49.3 Å². The highest BCUT2D eigenvalue weighted by Gasteiger charge is 2.32. The van der Waals surface area contributed by atoms with Crippen molar-refractivity contribution in [3.63, 3.8) is 0 Å². The van der Waals surface area contributed by atoms with Gasteiger partial charge in [-0.25, -0.2) is 9.37 Å². The van der Waals surface area contributed by atoms with Crippen molar-refractivity contribution >= 4 is 5.91 Å². The van der Waals surface area contributed by atoms with Crippen molar-refractivity contribution in [2.45, 2.75) is 38.6 Å². The summed E-state index contributed by atoms with van der Waals surface area (Å²) < 4.78 is 13.5. The van der Waals surface area contributed by atoms with Gasteiger partial charge in [0.05, 0.1) is 6.20 Å². The third kappa shape index (κ3) is 4.22. The Kier molecular flexibility index (Phi) is 5.67. The number of rotatable bonds is 4. The second kappa shape index (κ2) is 8.35. The molecule has 2 saturated heterocycles. The number of benzene rings is 1. The van der Waals surface area contributed by atoms with Crippen molar-refractivity contribution < 1.29 is 9.18 Å². The van der Waals surface area contributed by atoms with E-state index in [-0.39, 0.29) is 11.7 Å². The summed E-state index contributed by atoms with van der Waals surface area (Å²) >= 11 is 0. The first-order valence-electron chi connectivity index (χ1n) is 10.1. The molecule has 0 bridgehead atoms. The number of hydrogen-bond donors (Lipinski definition) is 0. The molecule has 1 aromatic carbocycles. The lowest BCUT2D eigenvalue weighted by Gasteiger charge is -2.36. The van der Waals surface area contributed by atoms with Gasteiger partial charge in [0.15, 0.2) is 0 Å². The molecule has 5 nitrogen and oxygen atoms in total. The summed E-state index contributed by atoms with van der Waals surface area (Å²) in [5, 5.41) is 0. The molecule has 0 spiro atoms. The first-order valence-corrected chi connectivity index (χ1v) is 10.1. The number of nitrogens with zero attached hydrogens (tertiary/aromatic N) is 4. The average molecular weight is 382 g/mol. The van der Waals surface area contributed by atoms with Crippen LogP contribution in [0.25, 0.3) is 0 Å². The standard InChI is InChI=1S/C22H27FN4O/c1-16-12-17(2-3-20(16)23)13-18-4-9-27(15-18)19-5-10-26(11-6-19)22(28)21-14-24-7-8-25-21/h2-3,7-8,12,14,18-19H,4-6,9-11,13,15H2,1H3. The number of aromatic nitrogens is 2. The summed E-state index contributed by atoms with van der Waals surface area (Å²) in [5.41, 5.74) is 2.39. The van der Waals surface area contributed by atoms with E-state index >= 15 is 0 Å². The smallest absolute Gasteiger partial charge is 0.274 e. The average Bonchev–Trinajstić information content (AvgIpc) is 3.19. The number of carbonyl (C=O) groups is 1. The molecule has 2 aromatic rings. The summed E-state index contributed by atoms with van der Waals surface area (Å²) in [4.78, 5) is 25.1. The predicted octanol–water partition coefficient (Wildman–Crippen LogP) is 3.09. The van der Waals surface area contributed by atoms with Gasteiger partial charge >= 0.3 is 0 Å². The van der Waals surface area contributed by atoms with Crippen LogP contribution in [0.2, 0.25) is 0 Å². The number of aryl methyl sites for hydroxylation is 1. The van der Waals surface area contributed by atoms with Crippen LogP contribution >= 0.6 is 0 Å². The molecule has 1 unspecified atom stereocenters. The van der Waals surface area contributed by atoms with Crippen LogP contribution < -0.4 is 0 Å². The minimum Gasteiger partial charge on any atom is -0.337 e. The quantitative estimate of drug-likeness (QED) is 0.815. The molecule has 1 aromatic heterocycles. The van der Waals surface area contributed by atoms with Gasteiger partial charge in [0, 0.05) is 38.1 Å². The van der Waals surface area contributed by atoms with Crippen molar-refractivity contribution in [3.05, 3.63) is 59.4 Å². The third-order valence-corrected chi connectivity index (χ3v) is 6.11. The maximum atomic E-state index is 13.5. The number of hydrogen-bond acceptors (Lipinski definition) is 4. The highest BCUT2D eigenvalue weighted by Crippen LogP contribution is 2.27. The Labute approximate surface area is 165 Å². The van der Waals surface area contributed by atoms with E-state index in [0.717, 1.165) is 51.0 Å². The van der Waals surface area contributed by atoms with Gasteiger partial charge in [0.25, 0.3) is 5.91 Å². The molecule has 3 heterocycles. The fraction of sp³-hybridized carbons (Fsp3) is 0.500. The first-order chi connectivity index (χ1) is 13.6. The Bertz CT molecular complexity index is 821. The van der Waals surface area contributed by atoms with E-state index in [1.807, 2.05) is 24.0 Å². The van der Waals surface area contributed by atoms with Gasteiger partial charge in [-0.15, -0.1) is 0 Å². The van der Waals surface area contributed by atoms with Gasteiger partial charge in [0.2, 0.25) is 0 Å². The van der Waals surface area contributed by atoms with E-state index in [2.05, 4.69) is 14.9 Å². The molecule has 28 heavy (non-hydrogen) atoms. The van der Waals surface area contributed by atoms with Crippen molar-refractivity contribution in [2.75, 3.05) is 26.2 Å². The maximum absolute atomic E-state index is 13.5. The molecular formula is C22H27FN4O. The van der Waals surface area contributed by atoms with E-state index in [1.165, 1.54) is 18.2 Å². The van der Waals surface area contributed by atoms with E-state index < -0.39 is 0 Å². The predicted molar refractivity (Wildman–Crippen MR) is 105 cm³/mol. The number of piperidine rings is 1. The van der Waals surface area contributed by atoms with Gasteiger partial charge in [-0.1, -0.05) is 12.1 Å². The zero-order valence-electron chi connectivity index (χ0n) is 16.4. The monoisotopic (exact) mass is 382 g/mol. The molecule has 4 rings (SSSR count). The molecule has 0 radical (unpaired) electrons. The lowest BCUT2D eigenvalue weighted by Crippen LogP contribution is -2.46. The molecule has 2 aliphatic rings. The summed E-state index contributed by atoms with van der Waals surface area (Å²) in [6.45, 7) is 5.60. The minimum absolute atomic E-state index is 0.0162. The number of halogens is 1. The van der Waals surface area contributed by atoms with Gasteiger partial charge < -0.3 is 4.90 Å². The summed E-state index contributed by atoms with van der Waals surface area (Å²) in [6.07, 6.45) is 8.91. The van der Waals surface area contributed by atoms with E-state index in [0.29, 0.717) is 17.7 Å². The normalized spacial score (nSPS) is 21.2. The molecule has 1 amide bonds. The summed E-state index contributed by atoms with van der Waals surface area (Å²) in [5.74, 6) is 0.487. The van der Waals surface area contributed by atoms with Crippen LogP contribution in [0.5, 0.6) is 0 Å². The van der Waals surface area contributed by atoms with Crippen LogP contribution in [0.4, 0.5) is 4.39 Å². The number of carbonyl (C=O) groups excluding carboxylic acids is 1. The fourth-order valence-corrected chi connectivity index (χ4v) is 4.53. The van der Waals surface area contributed by atoms with Crippen molar-refractivity contribution in [3.8, 4) is 0 Å². The molecule has 0 N–H and O–H groups in total. The van der Waals surface area contributed by atoms with Crippen LogP contribution in [-0.4, -0.2) is 57.9 Å². The molecule has 0 aliphatic carbocycles. The summed E-state index contributed by atoms with van der Waals surface area (Å²) in [7, 11) is 0. The molecule has 2 aliphatic heterocycles. The van der Waals surface area contributed by atoms with E-state index in [4.69, 9.17) is 0 Å². The highest BCUT2D eigenvalue weighted by atomic mass is 19.1. The van der Waals surface area contributed by atoms with Gasteiger partial charge in [0.1, 0.15) is 11.5 Å². The second-order valence-electron chi connectivity index (χ2n) is 8.05. The Balaban J connectivity index is 1.27. The van der Waals surface area contributed by atoms with Crippen LogP contribution in [0.15, 0.2) is 36.8 Å². The van der Waals surface area contributed by atoms with Crippen LogP contribution in [0.3, 0.4) is 0 Å². The number of likely N-dealkylation sites (tertiary alicyclic amines) is 2. The van der Waals surface area contributed by atoms with Crippen molar-refractivity contribution in [1.29, 1.82) is 0 Å². The molecular weight excluding hydrogens is 355 g/mol. The largest absolute Gasteiger partial charge is 0.337 e. The Hall–Kier alpha value is -2.34. The summed E-state index contributed by atoms with van der Waals surface area (Å²) in [6, 6.07) is 6.03. The highest BCUT2D eigenvalue weighted by molar-refractivity contribution is 5.92. The van der Waals surface area contributed by atoms with Crippen LogP contribution in [0.1, 0.15) is 40.9 Å². The Morgan fingerprint density at radius 2 is 2.00 bits per heavy atom. The van der Waals surface area contributed by atoms with Crippen molar-refractivity contribution in [1.82, 2.24) is 19.8 Å². The van der Waals surface area contributed by atoms with Gasteiger partial charge in [-0.3, -0.25) is 14.7 Å². The lowest BCUT2D eigenvalue weighted by atomic mass is 9.97. The molecule has 6 heteroatoms. The van der Waals surface area contributed by atoms with E-state index in [1.54, 1.807) is 18.5 Å². The van der Waals surface area contributed by atoms with E-state index in [9.17, 15) is 9.18 Å². The molecule has 148 valence electrons. The van der Waals surface area contributed by atoms with Crippen LogP contribution in [-0.2, 0) is 6.42 Å². The fourth-order valence-electron chi connectivity index (χ4n) is 4.53.